The number of hydrogen-bond acceptors (Lipinski definition) is 2. The molecular weight excluding hydrogens is 152 g/mol. The monoisotopic (exact) mass is 166 g/mol. The molecule has 1 heterocycles. The molecule has 0 bridgehead atoms. The molecular formula is C10H14O2. The normalized spacial score (nSPS) is 40.6. The Kier molecular flexibility index (Phi) is 2.28. The van der Waals surface area contributed by atoms with Crippen molar-refractivity contribution in [3.05, 3.63) is 24.3 Å². The molecule has 0 aromatic rings. The maximum Gasteiger partial charge on any atom is 0.155 e. The van der Waals surface area contributed by atoms with Crippen molar-refractivity contribution in [3.63, 3.8) is 0 Å². The van der Waals surface area contributed by atoms with Gasteiger partial charge >= 0.3 is 0 Å². The Labute approximate surface area is 72.9 Å². The molecule has 0 radical (unpaired) electrons. The lowest BCUT2D eigenvalue weighted by Gasteiger charge is -2.18. The largest absolute Gasteiger partial charge is 0.350 e. The highest BCUT2D eigenvalue weighted by molar-refractivity contribution is 5.12. The fourth-order valence-electron chi connectivity index (χ4n) is 1.65. The minimum absolute atomic E-state index is 0.0192. The van der Waals surface area contributed by atoms with Gasteiger partial charge in [0.15, 0.2) is 6.29 Å². The second-order valence-electron chi connectivity index (χ2n) is 3.29. The van der Waals surface area contributed by atoms with Crippen LogP contribution >= 0.6 is 0 Å². The Balaban J connectivity index is 1.93. The van der Waals surface area contributed by atoms with E-state index in [1.165, 1.54) is 0 Å². The average Bonchev–Trinajstić information content (AvgIpc) is 2.54. The van der Waals surface area contributed by atoms with E-state index in [1.807, 2.05) is 6.92 Å². The molecule has 3 atom stereocenters. The van der Waals surface area contributed by atoms with E-state index in [0.29, 0.717) is 5.92 Å². The van der Waals surface area contributed by atoms with Gasteiger partial charge in [-0.15, -0.1) is 0 Å². The van der Waals surface area contributed by atoms with E-state index in [4.69, 9.17) is 9.47 Å². The van der Waals surface area contributed by atoms with Crippen molar-refractivity contribution < 1.29 is 9.47 Å². The summed E-state index contributed by atoms with van der Waals surface area (Å²) >= 11 is 0. The van der Waals surface area contributed by atoms with Gasteiger partial charge in [0, 0.05) is 5.92 Å². The van der Waals surface area contributed by atoms with Gasteiger partial charge in [0.2, 0.25) is 0 Å². The molecule has 2 rings (SSSR count). The molecule has 66 valence electrons. The average molecular weight is 166 g/mol. The highest BCUT2D eigenvalue weighted by atomic mass is 16.7. The zero-order valence-electron chi connectivity index (χ0n) is 7.27. The summed E-state index contributed by atoms with van der Waals surface area (Å²) in [6, 6.07) is 0. The number of ether oxygens (including phenoxy) is 2. The Morgan fingerprint density at radius 3 is 2.83 bits per heavy atom. The fourth-order valence-corrected chi connectivity index (χ4v) is 1.65. The van der Waals surface area contributed by atoms with Crippen molar-refractivity contribution in [3.8, 4) is 0 Å². The molecule has 0 aromatic carbocycles. The summed E-state index contributed by atoms with van der Waals surface area (Å²) in [5.41, 5.74) is 0. The summed E-state index contributed by atoms with van der Waals surface area (Å²) in [4.78, 5) is 0. The lowest BCUT2D eigenvalue weighted by Crippen LogP contribution is -2.21. The third kappa shape index (κ3) is 1.59. The Bertz CT molecular complexity index is 208. The minimum Gasteiger partial charge on any atom is -0.350 e. The molecule has 2 aliphatic rings. The Morgan fingerprint density at radius 1 is 1.33 bits per heavy atom. The number of hydrogen-bond donors (Lipinski definition) is 0. The van der Waals surface area contributed by atoms with Crippen LogP contribution in [0.15, 0.2) is 24.3 Å². The second-order valence-corrected chi connectivity index (χ2v) is 3.29. The molecule has 1 fully saturated rings. The summed E-state index contributed by atoms with van der Waals surface area (Å²) < 4.78 is 10.9. The summed E-state index contributed by atoms with van der Waals surface area (Å²) in [5, 5.41) is 0. The van der Waals surface area contributed by atoms with Crippen LogP contribution in [0.2, 0.25) is 0 Å². The first-order valence-electron chi connectivity index (χ1n) is 4.46. The van der Waals surface area contributed by atoms with Gasteiger partial charge in [0.05, 0.1) is 12.7 Å². The SMILES string of the molecule is CC1OC[C@@H](C2C=CC=CC2)O1. The zero-order valence-corrected chi connectivity index (χ0v) is 7.27. The molecule has 1 aliphatic carbocycles. The van der Waals surface area contributed by atoms with Crippen LogP contribution in [-0.2, 0) is 9.47 Å². The molecule has 2 unspecified atom stereocenters. The maximum absolute atomic E-state index is 5.59. The summed E-state index contributed by atoms with van der Waals surface area (Å²) in [6.45, 7) is 2.69. The van der Waals surface area contributed by atoms with E-state index in [0.717, 1.165) is 13.0 Å². The molecule has 0 N–H and O–H groups in total. The fraction of sp³-hybridized carbons (Fsp3) is 0.600. The molecule has 0 aromatic heterocycles. The highest BCUT2D eigenvalue weighted by Crippen LogP contribution is 2.24. The van der Waals surface area contributed by atoms with Gasteiger partial charge in [-0.3, -0.25) is 0 Å². The lowest BCUT2D eigenvalue weighted by molar-refractivity contribution is -0.0486. The first kappa shape index (κ1) is 8.02. The molecule has 0 saturated carbocycles. The van der Waals surface area contributed by atoms with E-state index in [9.17, 15) is 0 Å². The summed E-state index contributed by atoms with van der Waals surface area (Å²) in [7, 11) is 0. The van der Waals surface area contributed by atoms with E-state index in [-0.39, 0.29) is 12.4 Å². The van der Waals surface area contributed by atoms with Crippen LogP contribution in [0, 0.1) is 5.92 Å². The van der Waals surface area contributed by atoms with Crippen molar-refractivity contribution in [2.45, 2.75) is 25.7 Å². The van der Waals surface area contributed by atoms with E-state index in [1.54, 1.807) is 0 Å². The molecule has 0 spiro atoms. The standard InChI is InChI=1S/C10H14O2/c1-8-11-7-10(12-8)9-5-3-2-4-6-9/h2-5,8-10H,6-7H2,1H3/t8?,9?,10-/m0/s1. The molecule has 0 amide bonds. The predicted octanol–water partition coefficient (Wildman–Crippen LogP) is 1.88. The van der Waals surface area contributed by atoms with Gasteiger partial charge < -0.3 is 9.47 Å². The van der Waals surface area contributed by atoms with E-state index >= 15 is 0 Å². The highest BCUT2D eigenvalue weighted by Gasteiger charge is 2.28. The molecule has 1 saturated heterocycles. The molecule has 12 heavy (non-hydrogen) atoms. The van der Waals surface area contributed by atoms with Crippen LogP contribution in [0.4, 0.5) is 0 Å². The van der Waals surface area contributed by atoms with Crippen molar-refractivity contribution in [2.24, 2.45) is 5.92 Å². The van der Waals surface area contributed by atoms with Crippen LogP contribution in [0.3, 0.4) is 0 Å². The Morgan fingerprint density at radius 2 is 2.25 bits per heavy atom. The topological polar surface area (TPSA) is 18.5 Å². The van der Waals surface area contributed by atoms with Crippen molar-refractivity contribution in [2.75, 3.05) is 6.61 Å². The quantitative estimate of drug-likeness (QED) is 0.592. The van der Waals surface area contributed by atoms with Crippen LogP contribution in [0.25, 0.3) is 0 Å². The van der Waals surface area contributed by atoms with Crippen molar-refractivity contribution in [1.82, 2.24) is 0 Å². The molecule has 2 heteroatoms. The molecule has 1 aliphatic heterocycles. The minimum atomic E-state index is -0.0192. The van der Waals surface area contributed by atoms with Crippen molar-refractivity contribution in [1.29, 1.82) is 0 Å². The van der Waals surface area contributed by atoms with Crippen LogP contribution < -0.4 is 0 Å². The van der Waals surface area contributed by atoms with Gasteiger partial charge in [-0.25, -0.2) is 0 Å². The smallest absolute Gasteiger partial charge is 0.155 e. The van der Waals surface area contributed by atoms with Crippen LogP contribution in [0.5, 0.6) is 0 Å². The van der Waals surface area contributed by atoms with E-state index in [2.05, 4.69) is 24.3 Å². The van der Waals surface area contributed by atoms with Gasteiger partial charge in [0.1, 0.15) is 0 Å². The Hall–Kier alpha value is -0.600. The van der Waals surface area contributed by atoms with Crippen LogP contribution in [0.1, 0.15) is 13.3 Å². The number of allylic oxidation sites excluding steroid dienone is 3. The first-order chi connectivity index (χ1) is 5.86. The van der Waals surface area contributed by atoms with E-state index < -0.39 is 0 Å². The lowest BCUT2D eigenvalue weighted by atomic mass is 9.95. The predicted molar refractivity (Wildman–Crippen MR) is 46.7 cm³/mol. The van der Waals surface area contributed by atoms with Gasteiger partial charge in [-0.2, -0.15) is 0 Å². The third-order valence-electron chi connectivity index (χ3n) is 2.35. The third-order valence-corrected chi connectivity index (χ3v) is 2.35. The van der Waals surface area contributed by atoms with Gasteiger partial charge in [-0.05, 0) is 13.3 Å². The van der Waals surface area contributed by atoms with Gasteiger partial charge in [-0.1, -0.05) is 24.3 Å². The van der Waals surface area contributed by atoms with Gasteiger partial charge in [0.25, 0.3) is 0 Å². The second kappa shape index (κ2) is 3.42. The first-order valence-corrected chi connectivity index (χ1v) is 4.46. The summed E-state index contributed by atoms with van der Waals surface area (Å²) in [6.07, 6.45) is 9.87. The summed E-state index contributed by atoms with van der Waals surface area (Å²) in [5.74, 6) is 0.514. The molecule has 2 nitrogen and oxygen atoms in total. The maximum atomic E-state index is 5.59. The number of rotatable bonds is 1. The zero-order chi connectivity index (χ0) is 8.39. The van der Waals surface area contributed by atoms with Crippen LogP contribution in [-0.4, -0.2) is 19.0 Å². The van der Waals surface area contributed by atoms with Crippen molar-refractivity contribution >= 4 is 0 Å².